The highest BCUT2D eigenvalue weighted by Gasteiger charge is 2.11. The van der Waals surface area contributed by atoms with Gasteiger partial charge in [0.25, 0.3) is 0 Å². The van der Waals surface area contributed by atoms with E-state index in [9.17, 15) is 9.18 Å². The van der Waals surface area contributed by atoms with E-state index in [1.54, 1.807) is 36.1 Å². The quantitative estimate of drug-likeness (QED) is 0.520. The van der Waals surface area contributed by atoms with Gasteiger partial charge in [0.2, 0.25) is 0 Å². The Hall–Kier alpha value is -3.88. The van der Waals surface area contributed by atoms with Crippen LogP contribution in [0.2, 0.25) is 0 Å². The molecule has 0 aliphatic heterocycles. The summed E-state index contributed by atoms with van der Waals surface area (Å²) in [5.74, 6) is -0.707. The molecule has 0 atom stereocenters. The lowest BCUT2D eigenvalue weighted by atomic mass is 10.2. The van der Waals surface area contributed by atoms with E-state index in [1.807, 2.05) is 13.2 Å². The van der Waals surface area contributed by atoms with Crippen LogP contribution in [0.15, 0.2) is 48.9 Å². The summed E-state index contributed by atoms with van der Waals surface area (Å²) in [6.07, 6.45) is 5.19. The number of ether oxygens (including phenoxy) is 1. The van der Waals surface area contributed by atoms with Gasteiger partial charge in [-0.25, -0.2) is 19.2 Å². The molecule has 0 radical (unpaired) electrons. The number of carbonyl (C=O) groups is 1. The van der Waals surface area contributed by atoms with Crippen molar-refractivity contribution < 1.29 is 13.9 Å². The van der Waals surface area contributed by atoms with E-state index in [0.29, 0.717) is 28.4 Å². The summed E-state index contributed by atoms with van der Waals surface area (Å²) in [5.41, 5.74) is 3.01. The van der Waals surface area contributed by atoms with Gasteiger partial charge in [-0.15, -0.1) is 0 Å². The molecule has 0 spiro atoms. The van der Waals surface area contributed by atoms with Gasteiger partial charge >= 0.3 is 5.97 Å². The molecule has 0 amide bonds. The van der Waals surface area contributed by atoms with E-state index in [-0.39, 0.29) is 12.2 Å². The smallest absolute Gasteiger partial charge is 0.338 e. The number of anilines is 2. The van der Waals surface area contributed by atoms with Crippen LogP contribution < -0.4 is 5.32 Å². The minimum Gasteiger partial charge on any atom is -0.462 e. The fourth-order valence-electron chi connectivity index (χ4n) is 2.80. The van der Waals surface area contributed by atoms with Gasteiger partial charge in [0.05, 0.1) is 30.3 Å². The molecule has 8 nitrogen and oxygen atoms in total. The van der Waals surface area contributed by atoms with Crippen LogP contribution in [-0.2, 0) is 11.8 Å². The van der Waals surface area contributed by atoms with Crippen molar-refractivity contribution >= 4 is 28.6 Å². The van der Waals surface area contributed by atoms with Crippen molar-refractivity contribution in [2.75, 3.05) is 11.9 Å². The van der Waals surface area contributed by atoms with Crippen LogP contribution in [0.1, 0.15) is 17.3 Å². The van der Waals surface area contributed by atoms with Crippen LogP contribution in [0.5, 0.6) is 0 Å². The zero-order chi connectivity index (χ0) is 20.4. The average Bonchev–Trinajstić information content (AvgIpc) is 3.13. The number of carbonyl (C=O) groups excluding carboxylic acids is 1. The van der Waals surface area contributed by atoms with Gasteiger partial charge < -0.3 is 10.1 Å². The van der Waals surface area contributed by atoms with Crippen molar-refractivity contribution in [3.63, 3.8) is 0 Å². The van der Waals surface area contributed by atoms with Crippen molar-refractivity contribution in [2.24, 2.45) is 7.05 Å². The Morgan fingerprint density at radius 2 is 2.07 bits per heavy atom. The molecule has 4 rings (SSSR count). The molecule has 3 heterocycles. The average molecular weight is 392 g/mol. The molecule has 146 valence electrons. The topological polar surface area (TPSA) is 94.8 Å². The Balaban J connectivity index is 1.65. The number of nitrogens with one attached hydrogen (secondary N) is 1. The number of aromatic nitrogens is 5. The third kappa shape index (κ3) is 4.03. The van der Waals surface area contributed by atoms with Gasteiger partial charge in [-0.05, 0) is 37.3 Å². The van der Waals surface area contributed by atoms with E-state index >= 15 is 0 Å². The number of nitrogens with zero attached hydrogens (tertiary/aromatic N) is 5. The van der Waals surface area contributed by atoms with E-state index in [0.717, 1.165) is 11.6 Å². The SMILES string of the molecule is CCOC(=O)c1cc(F)cc(Nc2ccc3ncc(-c4cnn(C)c4)nc3n2)c1. The van der Waals surface area contributed by atoms with Gasteiger partial charge in [-0.3, -0.25) is 9.67 Å². The molecular formula is C20H17FN6O2. The Kier molecular flexibility index (Phi) is 4.86. The van der Waals surface area contributed by atoms with Crippen LogP contribution in [0.4, 0.5) is 15.9 Å². The maximum Gasteiger partial charge on any atom is 0.338 e. The number of pyridine rings is 1. The van der Waals surface area contributed by atoms with Gasteiger partial charge in [0.1, 0.15) is 17.2 Å². The fourth-order valence-corrected chi connectivity index (χ4v) is 2.80. The number of halogens is 1. The molecular weight excluding hydrogens is 375 g/mol. The van der Waals surface area contributed by atoms with Crippen molar-refractivity contribution in [1.29, 1.82) is 0 Å². The summed E-state index contributed by atoms with van der Waals surface area (Å²) < 4.78 is 20.5. The standard InChI is InChI=1S/C20H17FN6O2/c1-3-29-20(28)12-6-14(21)8-15(7-12)24-18-5-4-16-19(26-18)25-17(10-22-16)13-9-23-27(2)11-13/h4-11H,3H2,1-2H3,(H,24,25,26). The minimum atomic E-state index is -0.589. The van der Waals surface area contributed by atoms with Crippen molar-refractivity contribution in [2.45, 2.75) is 6.92 Å². The summed E-state index contributed by atoms with van der Waals surface area (Å²) in [4.78, 5) is 25.3. The second-order valence-electron chi connectivity index (χ2n) is 6.27. The monoisotopic (exact) mass is 392 g/mol. The maximum absolute atomic E-state index is 13.9. The Morgan fingerprint density at radius 3 is 2.83 bits per heavy atom. The van der Waals surface area contributed by atoms with Crippen molar-refractivity contribution in [3.8, 4) is 11.3 Å². The predicted molar refractivity (Wildman–Crippen MR) is 105 cm³/mol. The number of fused-ring (bicyclic) bond motifs is 1. The Bertz CT molecular complexity index is 1210. The van der Waals surface area contributed by atoms with Crippen LogP contribution >= 0.6 is 0 Å². The zero-order valence-electron chi connectivity index (χ0n) is 15.8. The first-order valence-corrected chi connectivity index (χ1v) is 8.89. The molecule has 0 aliphatic carbocycles. The molecule has 1 N–H and O–H groups in total. The molecule has 0 saturated carbocycles. The van der Waals surface area contributed by atoms with Gasteiger partial charge in [-0.1, -0.05) is 0 Å². The van der Waals surface area contributed by atoms with Crippen LogP contribution in [0, 0.1) is 5.82 Å². The first-order valence-electron chi connectivity index (χ1n) is 8.89. The molecule has 3 aromatic heterocycles. The summed E-state index contributed by atoms with van der Waals surface area (Å²) in [7, 11) is 1.82. The van der Waals surface area contributed by atoms with Gasteiger partial charge in [0.15, 0.2) is 5.65 Å². The number of rotatable bonds is 5. The highest BCUT2D eigenvalue weighted by molar-refractivity contribution is 5.90. The van der Waals surface area contributed by atoms with Crippen molar-refractivity contribution in [1.82, 2.24) is 24.7 Å². The predicted octanol–water partition coefficient (Wildman–Crippen LogP) is 3.48. The molecule has 0 saturated heterocycles. The largest absolute Gasteiger partial charge is 0.462 e. The van der Waals surface area contributed by atoms with E-state index in [4.69, 9.17) is 4.74 Å². The third-order valence-corrected chi connectivity index (χ3v) is 4.09. The van der Waals surface area contributed by atoms with Crippen LogP contribution in [0.25, 0.3) is 22.4 Å². The molecule has 9 heteroatoms. The lowest BCUT2D eigenvalue weighted by Crippen LogP contribution is -2.06. The fraction of sp³-hybridized carbons (Fsp3) is 0.150. The molecule has 1 aromatic carbocycles. The van der Waals surface area contributed by atoms with E-state index < -0.39 is 11.8 Å². The maximum atomic E-state index is 13.9. The summed E-state index contributed by atoms with van der Waals surface area (Å²) in [6, 6.07) is 7.37. The number of benzene rings is 1. The van der Waals surface area contributed by atoms with Crippen LogP contribution in [-0.4, -0.2) is 37.3 Å². The van der Waals surface area contributed by atoms with E-state index in [2.05, 4.69) is 25.4 Å². The van der Waals surface area contributed by atoms with Crippen molar-refractivity contribution in [3.05, 3.63) is 60.3 Å². The molecule has 29 heavy (non-hydrogen) atoms. The number of aryl methyl sites for hydroxylation is 1. The zero-order valence-corrected chi connectivity index (χ0v) is 15.8. The first kappa shape index (κ1) is 18.5. The molecule has 0 fully saturated rings. The number of hydrogen-bond acceptors (Lipinski definition) is 7. The lowest BCUT2D eigenvalue weighted by molar-refractivity contribution is 0.0526. The number of hydrogen-bond donors (Lipinski definition) is 1. The summed E-state index contributed by atoms with van der Waals surface area (Å²) in [6.45, 7) is 1.90. The van der Waals surface area contributed by atoms with Crippen LogP contribution in [0.3, 0.4) is 0 Å². The highest BCUT2D eigenvalue weighted by atomic mass is 19.1. The molecule has 0 bridgehead atoms. The number of esters is 1. The third-order valence-electron chi connectivity index (χ3n) is 4.09. The lowest BCUT2D eigenvalue weighted by Gasteiger charge is -2.09. The van der Waals surface area contributed by atoms with E-state index in [1.165, 1.54) is 12.1 Å². The molecule has 0 unspecified atom stereocenters. The first-order chi connectivity index (χ1) is 14.0. The summed E-state index contributed by atoms with van der Waals surface area (Å²) >= 11 is 0. The Labute approximate surface area is 165 Å². The second-order valence-corrected chi connectivity index (χ2v) is 6.27. The Morgan fingerprint density at radius 1 is 1.21 bits per heavy atom. The van der Waals surface area contributed by atoms with Gasteiger partial charge in [0, 0.05) is 24.5 Å². The highest BCUT2D eigenvalue weighted by Crippen LogP contribution is 2.22. The second kappa shape index (κ2) is 7.63. The molecule has 4 aromatic rings. The molecule has 0 aliphatic rings. The summed E-state index contributed by atoms with van der Waals surface area (Å²) in [5, 5.41) is 7.13. The van der Waals surface area contributed by atoms with Gasteiger partial charge in [-0.2, -0.15) is 5.10 Å². The minimum absolute atomic E-state index is 0.119. The normalized spacial score (nSPS) is 10.9.